The van der Waals surface area contributed by atoms with Crippen molar-refractivity contribution in [2.75, 3.05) is 11.9 Å². The molecule has 0 spiro atoms. The van der Waals surface area contributed by atoms with Crippen molar-refractivity contribution in [2.24, 2.45) is 0 Å². The molecule has 0 fully saturated rings. The largest absolute Gasteiger partial charge is 0.416 e. The molecule has 0 unspecified atom stereocenters. The third-order valence-corrected chi connectivity index (χ3v) is 13.0. The van der Waals surface area contributed by atoms with Gasteiger partial charge in [-0.25, -0.2) is 14.4 Å². The number of halogens is 2. The van der Waals surface area contributed by atoms with E-state index < -0.39 is 14.1 Å². The van der Waals surface area contributed by atoms with Crippen LogP contribution in [0, 0.1) is 5.82 Å². The Morgan fingerprint density at radius 2 is 1.82 bits per heavy atom. The number of fused-ring (bicyclic) bond motifs is 1. The van der Waals surface area contributed by atoms with E-state index in [9.17, 15) is 4.39 Å². The van der Waals surface area contributed by atoms with Crippen molar-refractivity contribution in [3.63, 3.8) is 0 Å². The van der Waals surface area contributed by atoms with Crippen molar-refractivity contribution < 1.29 is 8.82 Å². The van der Waals surface area contributed by atoms with Gasteiger partial charge in [0.25, 0.3) is 0 Å². The molecule has 0 amide bonds. The fourth-order valence-corrected chi connectivity index (χ4v) is 10.8. The number of hydrogen-bond donors (Lipinski definition) is 2. The number of pyridine rings is 1. The summed E-state index contributed by atoms with van der Waals surface area (Å²) in [5.74, 6) is 0.344. The van der Waals surface area contributed by atoms with E-state index in [1.165, 1.54) is 12.1 Å². The van der Waals surface area contributed by atoms with Crippen LogP contribution in [-0.2, 0) is 10.8 Å². The molecule has 178 valence electrons. The lowest BCUT2D eigenvalue weighted by atomic mass is 10.2. The second-order valence-electron chi connectivity index (χ2n) is 9.24. The number of thiocarbonyl (C=S) groups is 1. The Labute approximate surface area is 206 Å². The molecule has 2 heterocycles. The van der Waals surface area contributed by atoms with Crippen LogP contribution in [0.5, 0.6) is 0 Å². The summed E-state index contributed by atoms with van der Waals surface area (Å²) in [6.07, 6.45) is 2.35. The first kappa shape index (κ1) is 25.7. The van der Waals surface area contributed by atoms with Crippen LogP contribution in [0.15, 0.2) is 30.5 Å². The third kappa shape index (κ3) is 5.45. The van der Waals surface area contributed by atoms with Gasteiger partial charge in [-0.3, -0.25) is 0 Å². The molecular weight excluding hydrogens is 475 g/mol. The molecule has 3 rings (SSSR count). The van der Waals surface area contributed by atoms with Crippen molar-refractivity contribution >= 4 is 54.0 Å². The Balaban J connectivity index is 1.77. The summed E-state index contributed by atoms with van der Waals surface area (Å²) >= 11 is 11.5. The molecule has 3 aromatic rings. The molecule has 1 aromatic carbocycles. The summed E-state index contributed by atoms with van der Waals surface area (Å²) in [6.45, 7) is 14.3. The number of aromatic amines is 1. The Hall–Kier alpha value is -1.87. The zero-order valence-corrected chi connectivity index (χ0v) is 22.6. The van der Waals surface area contributed by atoms with Gasteiger partial charge in [0.15, 0.2) is 14.0 Å². The maximum Gasteiger partial charge on any atom is 0.200 e. The van der Waals surface area contributed by atoms with Gasteiger partial charge >= 0.3 is 0 Å². The van der Waals surface area contributed by atoms with Crippen molar-refractivity contribution in [2.45, 2.75) is 64.6 Å². The van der Waals surface area contributed by atoms with E-state index in [4.69, 9.17) is 28.2 Å². The summed E-state index contributed by atoms with van der Waals surface area (Å²) in [5.41, 5.74) is 4.34. The highest BCUT2D eigenvalue weighted by molar-refractivity contribution is 7.81. The van der Waals surface area contributed by atoms with Gasteiger partial charge in [0.2, 0.25) is 0 Å². The van der Waals surface area contributed by atoms with Crippen LogP contribution >= 0.6 is 23.8 Å². The SMILES string of the molecule is CC(C)[Si](OCCc1nc2nccc(C(=S)Nc3ccc(F)c(Cl)c3)c2[nH]1)(C(C)C)C(C)C. The lowest BCUT2D eigenvalue weighted by molar-refractivity contribution is 0.279. The second-order valence-corrected chi connectivity index (χ2v) is 15.5. The van der Waals surface area contributed by atoms with Crippen LogP contribution in [0.1, 0.15) is 52.9 Å². The number of imidazole rings is 1. The first-order chi connectivity index (χ1) is 15.6. The highest BCUT2D eigenvalue weighted by Crippen LogP contribution is 2.42. The van der Waals surface area contributed by atoms with Gasteiger partial charge in [-0.15, -0.1) is 0 Å². The van der Waals surface area contributed by atoms with Crippen molar-refractivity contribution in [1.29, 1.82) is 0 Å². The number of nitrogens with zero attached hydrogens (tertiary/aromatic N) is 2. The molecule has 9 heteroatoms. The first-order valence-electron chi connectivity index (χ1n) is 11.3. The summed E-state index contributed by atoms with van der Waals surface area (Å²) in [4.78, 5) is 12.9. The summed E-state index contributed by atoms with van der Waals surface area (Å²) in [7, 11) is -1.93. The van der Waals surface area contributed by atoms with Crippen LogP contribution in [0.2, 0.25) is 21.6 Å². The first-order valence-corrected chi connectivity index (χ1v) is 14.2. The highest BCUT2D eigenvalue weighted by atomic mass is 35.5. The van der Waals surface area contributed by atoms with Crippen LogP contribution in [0.3, 0.4) is 0 Å². The fourth-order valence-electron chi connectivity index (χ4n) is 4.86. The smallest absolute Gasteiger partial charge is 0.200 e. The highest BCUT2D eigenvalue weighted by Gasteiger charge is 2.44. The zero-order valence-electron chi connectivity index (χ0n) is 20.0. The van der Waals surface area contributed by atoms with Crippen LogP contribution in [0.25, 0.3) is 11.2 Å². The fraction of sp³-hybridized carbons (Fsp3) is 0.458. The van der Waals surface area contributed by atoms with Gasteiger partial charge in [-0.05, 0) is 40.9 Å². The van der Waals surface area contributed by atoms with E-state index in [0.717, 1.165) is 16.9 Å². The molecule has 0 saturated carbocycles. The van der Waals surface area contributed by atoms with Crippen molar-refractivity contribution in [3.05, 3.63) is 52.7 Å². The number of hydrogen-bond acceptors (Lipinski definition) is 4. The minimum atomic E-state index is -1.93. The maximum absolute atomic E-state index is 13.5. The van der Waals surface area contributed by atoms with E-state index in [1.54, 1.807) is 12.3 Å². The molecule has 5 nitrogen and oxygen atoms in total. The number of benzene rings is 1. The molecule has 2 aromatic heterocycles. The standard InChI is InChI=1S/C24H32ClFN4OSSi/c1-14(2)33(15(3)4,16(5)6)31-12-10-21-29-22-18(9-11-27-23(22)30-21)24(32)28-17-7-8-20(26)19(25)13-17/h7-9,11,13-16H,10,12H2,1-6H3,(H,28,32)(H,27,29,30). The average molecular weight is 507 g/mol. The Bertz CT molecular complexity index is 1110. The van der Waals surface area contributed by atoms with Crippen LogP contribution < -0.4 is 5.32 Å². The number of rotatable bonds is 9. The molecule has 0 aliphatic carbocycles. The molecule has 2 N–H and O–H groups in total. The monoisotopic (exact) mass is 506 g/mol. The summed E-state index contributed by atoms with van der Waals surface area (Å²) in [5, 5.41) is 3.15. The third-order valence-electron chi connectivity index (χ3n) is 6.26. The van der Waals surface area contributed by atoms with Gasteiger partial charge in [-0.1, -0.05) is 65.4 Å². The van der Waals surface area contributed by atoms with Crippen molar-refractivity contribution in [1.82, 2.24) is 15.0 Å². The average Bonchev–Trinajstić information content (AvgIpc) is 3.15. The van der Waals surface area contributed by atoms with E-state index in [1.807, 2.05) is 6.07 Å². The number of nitrogens with one attached hydrogen (secondary N) is 2. The van der Waals surface area contributed by atoms with Crippen LogP contribution in [0.4, 0.5) is 10.1 Å². The predicted octanol–water partition coefficient (Wildman–Crippen LogP) is 7.27. The lowest BCUT2D eigenvalue weighted by Gasteiger charge is -2.42. The van der Waals surface area contributed by atoms with E-state index in [-0.39, 0.29) is 5.02 Å². The number of H-pyrrole nitrogens is 1. The Morgan fingerprint density at radius 3 is 2.42 bits per heavy atom. The summed E-state index contributed by atoms with van der Waals surface area (Å²) < 4.78 is 20.1. The lowest BCUT2D eigenvalue weighted by Crippen LogP contribution is -2.48. The maximum atomic E-state index is 13.5. The Kier molecular flexibility index (Phi) is 8.26. The van der Waals surface area contributed by atoms with Gasteiger partial charge in [0.1, 0.15) is 16.6 Å². The number of aromatic nitrogens is 3. The molecule has 0 saturated heterocycles. The number of anilines is 1. The topological polar surface area (TPSA) is 62.8 Å². The molecule has 0 radical (unpaired) electrons. The van der Waals surface area contributed by atoms with Crippen LogP contribution in [-0.4, -0.2) is 34.9 Å². The molecular formula is C24H32ClFN4OSSi. The van der Waals surface area contributed by atoms with Gasteiger partial charge in [0, 0.05) is 30.5 Å². The molecule has 0 atom stereocenters. The molecule has 0 bridgehead atoms. The minimum Gasteiger partial charge on any atom is -0.416 e. The minimum absolute atomic E-state index is 0.0373. The second kappa shape index (κ2) is 10.6. The molecule has 33 heavy (non-hydrogen) atoms. The van der Waals surface area contributed by atoms with Gasteiger partial charge in [-0.2, -0.15) is 0 Å². The van der Waals surface area contributed by atoms with E-state index >= 15 is 0 Å². The summed E-state index contributed by atoms with van der Waals surface area (Å²) in [6, 6.07) is 6.23. The predicted molar refractivity (Wildman–Crippen MR) is 141 cm³/mol. The van der Waals surface area contributed by atoms with Crippen molar-refractivity contribution in [3.8, 4) is 0 Å². The quantitative estimate of drug-likeness (QED) is 0.236. The Morgan fingerprint density at radius 1 is 1.15 bits per heavy atom. The van der Waals surface area contributed by atoms with E-state index in [2.05, 4.69) is 61.8 Å². The zero-order chi connectivity index (χ0) is 24.3. The molecule has 0 aliphatic rings. The normalized spacial score (nSPS) is 12.3. The van der Waals surface area contributed by atoms with Gasteiger partial charge in [0.05, 0.1) is 10.5 Å². The molecule has 0 aliphatic heterocycles. The van der Waals surface area contributed by atoms with E-state index in [0.29, 0.717) is 46.0 Å². The van der Waals surface area contributed by atoms with Gasteiger partial charge < -0.3 is 14.7 Å².